The van der Waals surface area contributed by atoms with E-state index >= 15 is 0 Å². The minimum Gasteiger partial charge on any atom is -0.437 e. The maximum atomic E-state index is 13.8. The Morgan fingerprint density at radius 1 is 1.10 bits per heavy atom. The molecule has 0 unspecified atom stereocenters. The summed E-state index contributed by atoms with van der Waals surface area (Å²) in [6.07, 6.45) is -3.93. The monoisotopic (exact) mass is 596 g/mol. The fourth-order valence-electron chi connectivity index (χ4n) is 4.35. The van der Waals surface area contributed by atoms with Gasteiger partial charge in [0.15, 0.2) is 5.75 Å². The number of nitrogens with one attached hydrogen (secondary N) is 3. The highest BCUT2D eigenvalue weighted by Gasteiger charge is 2.35. The second kappa shape index (κ2) is 11.1. The molecule has 1 saturated heterocycles. The Kier molecular flexibility index (Phi) is 7.79. The van der Waals surface area contributed by atoms with Crippen LogP contribution < -0.4 is 20.1 Å². The largest absolute Gasteiger partial charge is 0.437 e. The van der Waals surface area contributed by atoms with Crippen LogP contribution in [0.2, 0.25) is 0 Å². The van der Waals surface area contributed by atoms with E-state index in [1.54, 1.807) is 43.5 Å². The number of aryl methyl sites for hydroxylation is 1. The van der Waals surface area contributed by atoms with Crippen molar-refractivity contribution in [2.75, 3.05) is 28.9 Å². The van der Waals surface area contributed by atoms with Crippen LogP contribution in [0.1, 0.15) is 11.4 Å². The highest BCUT2D eigenvalue weighted by Crippen LogP contribution is 2.40. The molecular weight excluding hydrogens is 572 g/mol. The molecule has 1 fully saturated rings. The van der Waals surface area contributed by atoms with E-state index in [9.17, 15) is 26.0 Å². The standard InChI is InChI=1S/C25H24F4N6O3S2/c1-14-32-23(22(39-14)20-8-9-31-24(34-20)33-16-10-15(26)11-30-12-16)38-21-7-6-19(17-4-2-3-5-18(17)21)35-40(36,37)13-25(27,28)29/h2-9,15-16,30,35H,10-13H2,1H3,(H,31,33,34)/t15-,16-/m0/s1. The first-order valence-corrected chi connectivity index (χ1v) is 14.6. The van der Waals surface area contributed by atoms with Crippen LogP contribution in [0, 0.1) is 6.92 Å². The number of alkyl halides is 4. The molecule has 4 aromatic rings. The van der Waals surface area contributed by atoms with Crippen LogP contribution in [0.5, 0.6) is 11.6 Å². The van der Waals surface area contributed by atoms with Gasteiger partial charge in [0, 0.05) is 42.5 Å². The number of fused-ring (bicyclic) bond motifs is 1. The Balaban J connectivity index is 1.43. The van der Waals surface area contributed by atoms with Crippen LogP contribution in [0.4, 0.5) is 29.2 Å². The molecule has 2 aromatic heterocycles. The zero-order valence-corrected chi connectivity index (χ0v) is 22.6. The van der Waals surface area contributed by atoms with E-state index in [1.807, 2.05) is 4.72 Å². The lowest BCUT2D eigenvalue weighted by Crippen LogP contribution is -2.44. The number of rotatable bonds is 8. The molecule has 0 bridgehead atoms. The van der Waals surface area contributed by atoms with Crippen molar-refractivity contribution < 1.29 is 30.7 Å². The van der Waals surface area contributed by atoms with Gasteiger partial charge < -0.3 is 15.4 Å². The van der Waals surface area contributed by atoms with E-state index in [1.165, 1.54) is 23.5 Å². The van der Waals surface area contributed by atoms with Crippen molar-refractivity contribution in [1.82, 2.24) is 20.3 Å². The maximum absolute atomic E-state index is 13.8. The first-order valence-electron chi connectivity index (χ1n) is 12.1. The predicted octanol–water partition coefficient (Wildman–Crippen LogP) is 5.27. The molecule has 3 N–H and O–H groups in total. The van der Waals surface area contributed by atoms with Crippen LogP contribution in [0.3, 0.4) is 0 Å². The zero-order valence-electron chi connectivity index (χ0n) is 21.0. The van der Waals surface area contributed by atoms with Gasteiger partial charge in [0.25, 0.3) is 0 Å². The van der Waals surface area contributed by atoms with E-state index in [-0.39, 0.29) is 17.6 Å². The maximum Gasteiger partial charge on any atom is 0.404 e. The Morgan fingerprint density at radius 3 is 2.62 bits per heavy atom. The number of aromatic nitrogens is 3. The van der Waals surface area contributed by atoms with Gasteiger partial charge >= 0.3 is 6.18 Å². The van der Waals surface area contributed by atoms with Gasteiger partial charge in [0.2, 0.25) is 21.9 Å². The molecule has 1 aliphatic heterocycles. The van der Waals surface area contributed by atoms with Crippen LogP contribution in [0.25, 0.3) is 21.3 Å². The van der Waals surface area contributed by atoms with Crippen molar-refractivity contribution in [3.8, 4) is 22.2 Å². The lowest BCUT2D eigenvalue weighted by Gasteiger charge is -2.26. The quantitative estimate of drug-likeness (QED) is 0.236. The second-order valence-electron chi connectivity index (χ2n) is 9.20. The van der Waals surface area contributed by atoms with Crippen LogP contribution in [0.15, 0.2) is 48.7 Å². The molecule has 2 atom stereocenters. The molecule has 0 radical (unpaired) electrons. The van der Waals surface area contributed by atoms with E-state index in [4.69, 9.17) is 4.74 Å². The SMILES string of the molecule is Cc1nc(Oc2ccc(NS(=O)(=O)CC(F)(F)F)c3ccccc23)c(-c2ccnc(N[C@@H]3CNC[C@@H](F)C3)n2)s1. The van der Waals surface area contributed by atoms with E-state index in [0.717, 1.165) is 0 Å². The number of sulfonamides is 1. The van der Waals surface area contributed by atoms with Gasteiger partial charge in [-0.25, -0.2) is 27.8 Å². The molecule has 5 rings (SSSR count). The van der Waals surface area contributed by atoms with Crippen LogP contribution >= 0.6 is 11.3 Å². The van der Waals surface area contributed by atoms with Crippen LogP contribution in [-0.2, 0) is 10.0 Å². The minimum absolute atomic E-state index is 0.0129. The number of hydrogen-bond donors (Lipinski definition) is 3. The third-order valence-corrected chi connectivity index (χ3v) is 8.14. The molecule has 0 spiro atoms. The highest BCUT2D eigenvalue weighted by atomic mass is 32.2. The fraction of sp³-hybridized carbons (Fsp3) is 0.320. The number of benzene rings is 2. The summed E-state index contributed by atoms with van der Waals surface area (Å²) in [6.45, 7) is 2.69. The topological polar surface area (TPSA) is 118 Å². The first kappa shape index (κ1) is 28.0. The van der Waals surface area contributed by atoms with Crippen molar-refractivity contribution in [3.05, 3.63) is 53.7 Å². The summed E-state index contributed by atoms with van der Waals surface area (Å²) < 4.78 is 84.4. The number of ether oxygens (including phenoxy) is 1. The first-order chi connectivity index (χ1) is 19.0. The Bertz CT molecular complexity index is 1630. The molecule has 212 valence electrons. The number of thiazole rings is 1. The Hall–Kier alpha value is -3.56. The second-order valence-corrected chi connectivity index (χ2v) is 12.1. The molecule has 1 aliphatic rings. The van der Waals surface area contributed by atoms with E-state index in [2.05, 4.69) is 25.6 Å². The Morgan fingerprint density at radius 2 is 1.88 bits per heavy atom. The molecule has 3 heterocycles. The lowest BCUT2D eigenvalue weighted by molar-refractivity contribution is -0.106. The molecular formula is C25H24F4N6O3S2. The summed E-state index contributed by atoms with van der Waals surface area (Å²) in [5.41, 5.74) is 0.514. The third-order valence-electron chi connectivity index (χ3n) is 5.93. The normalized spacial score (nSPS) is 18.0. The number of hydrogen-bond acceptors (Lipinski definition) is 9. The van der Waals surface area contributed by atoms with Crippen molar-refractivity contribution in [1.29, 1.82) is 0 Å². The number of nitrogens with zero attached hydrogens (tertiary/aromatic N) is 3. The van der Waals surface area contributed by atoms with Gasteiger partial charge in [0.1, 0.15) is 16.8 Å². The van der Waals surface area contributed by atoms with Gasteiger partial charge in [-0.2, -0.15) is 13.2 Å². The minimum atomic E-state index is -4.89. The number of halogens is 4. The molecule has 40 heavy (non-hydrogen) atoms. The van der Waals surface area contributed by atoms with Gasteiger partial charge in [-0.05, 0) is 25.1 Å². The average molecular weight is 597 g/mol. The average Bonchev–Trinajstić information content (AvgIpc) is 3.24. The fourth-order valence-corrected chi connectivity index (χ4v) is 6.18. The smallest absolute Gasteiger partial charge is 0.404 e. The molecule has 9 nitrogen and oxygen atoms in total. The van der Waals surface area contributed by atoms with Crippen molar-refractivity contribution >= 4 is 43.8 Å². The summed E-state index contributed by atoms with van der Waals surface area (Å²) in [7, 11) is -4.68. The van der Waals surface area contributed by atoms with Gasteiger partial charge in [-0.15, -0.1) is 11.3 Å². The summed E-state index contributed by atoms with van der Waals surface area (Å²) in [4.78, 5) is 13.9. The van der Waals surface area contributed by atoms with Gasteiger partial charge in [0.05, 0.1) is 16.4 Å². The zero-order chi connectivity index (χ0) is 28.5. The summed E-state index contributed by atoms with van der Waals surface area (Å²) in [5.74, 6) is -1.12. The van der Waals surface area contributed by atoms with Crippen LogP contribution in [-0.4, -0.2) is 60.6 Å². The van der Waals surface area contributed by atoms with E-state index in [0.29, 0.717) is 57.6 Å². The summed E-state index contributed by atoms with van der Waals surface area (Å²) in [6, 6.07) is 10.9. The van der Waals surface area contributed by atoms with Crippen molar-refractivity contribution in [2.24, 2.45) is 0 Å². The third kappa shape index (κ3) is 6.77. The van der Waals surface area contributed by atoms with Gasteiger partial charge in [-0.1, -0.05) is 24.3 Å². The van der Waals surface area contributed by atoms with E-state index < -0.39 is 28.1 Å². The summed E-state index contributed by atoms with van der Waals surface area (Å²) >= 11 is 1.34. The van der Waals surface area contributed by atoms with Gasteiger partial charge in [-0.3, -0.25) is 4.72 Å². The molecule has 2 aromatic carbocycles. The predicted molar refractivity (Wildman–Crippen MR) is 145 cm³/mol. The number of anilines is 2. The highest BCUT2D eigenvalue weighted by molar-refractivity contribution is 7.92. The Labute approximate surface area is 231 Å². The molecule has 0 aliphatic carbocycles. The number of piperidine rings is 1. The van der Waals surface area contributed by atoms with Crippen molar-refractivity contribution in [3.63, 3.8) is 0 Å². The molecule has 0 saturated carbocycles. The molecule has 0 amide bonds. The summed E-state index contributed by atoms with van der Waals surface area (Å²) in [5, 5.41) is 7.67. The molecule has 15 heteroatoms. The van der Waals surface area contributed by atoms with Crippen molar-refractivity contribution in [2.45, 2.75) is 31.7 Å². The lowest BCUT2D eigenvalue weighted by atomic mass is 10.1.